The number of hydrogen-bond acceptors (Lipinski definition) is 2. The van der Waals surface area contributed by atoms with Crippen LogP contribution in [0.15, 0.2) is 66.5 Å². The third kappa shape index (κ3) is 2.65. The highest BCUT2D eigenvalue weighted by atomic mass is 14.7. The summed E-state index contributed by atoms with van der Waals surface area (Å²) in [6.07, 6.45) is 7.08. The van der Waals surface area contributed by atoms with Gasteiger partial charge in [-0.15, -0.1) is 0 Å². The fraction of sp³-hybridized carbons (Fsp3) is 0.182. The van der Waals surface area contributed by atoms with Gasteiger partial charge in [0.05, 0.1) is 11.4 Å². The van der Waals surface area contributed by atoms with Crippen LogP contribution in [0.1, 0.15) is 25.0 Å². The maximum absolute atomic E-state index is 4.58. The van der Waals surface area contributed by atoms with Crippen LogP contribution < -0.4 is 0 Å². The molecule has 0 saturated heterocycles. The van der Waals surface area contributed by atoms with Crippen molar-refractivity contribution < 1.29 is 0 Å². The molecule has 2 heteroatoms. The number of nitrogens with zero attached hydrogens (tertiary/aromatic N) is 2. The van der Waals surface area contributed by atoms with E-state index in [1.54, 1.807) is 0 Å². The Morgan fingerprint density at radius 1 is 0.875 bits per heavy atom. The molecule has 3 aromatic rings. The molecule has 0 radical (unpaired) electrons. The highest BCUT2D eigenvalue weighted by molar-refractivity contribution is 5.83. The van der Waals surface area contributed by atoms with Crippen molar-refractivity contribution in [3.63, 3.8) is 0 Å². The summed E-state index contributed by atoms with van der Waals surface area (Å²) in [4.78, 5) is 9.11. The first-order valence-corrected chi connectivity index (χ1v) is 8.42. The van der Waals surface area contributed by atoms with Crippen LogP contribution in [-0.4, -0.2) is 9.97 Å². The van der Waals surface area contributed by atoms with Gasteiger partial charge in [0.15, 0.2) is 0 Å². The third-order valence-electron chi connectivity index (χ3n) is 4.63. The molecule has 2 aromatic heterocycles. The average molecular weight is 312 g/mol. The Morgan fingerprint density at radius 2 is 1.58 bits per heavy atom. The molecule has 1 aliphatic carbocycles. The molecule has 0 N–H and O–H groups in total. The summed E-state index contributed by atoms with van der Waals surface area (Å²) >= 11 is 0. The number of aromatic nitrogens is 2. The summed E-state index contributed by atoms with van der Waals surface area (Å²) in [6.45, 7) is 4.52. The zero-order valence-electron chi connectivity index (χ0n) is 14.0. The van der Waals surface area contributed by atoms with Gasteiger partial charge in [-0.2, -0.15) is 0 Å². The Hall–Kier alpha value is -2.74. The molecule has 0 aliphatic heterocycles. The largest absolute Gasteiger partial charge is 0.256 e. The van der Waals surface area contributed by atoms with E-state index in [1.807, 2.05) is 36.7 Å². The van der Waals surface area contributed by atoms with Crippen LogP contribution in [0.5, 0.6) is 0 Å². The van der Waals surface area contributed by atoms with Crippen molar-refractivity contribution in [2.24, 2.45) is 5.92 Å². The highest BCUT2D eigenvalue weighted by Crippen LogP contribution is 2.38. The quantitative estimate of drug-likeness (QED) is 0.646. The molecule has 0 amide bonds. The Bertz CT molecular complexity index is 894. The second kappa shape index (κ2) is 6.04. The fourth-order valence-corrected chi connectivity index (χ4v) is 3.27. The van der Waals surface area contributed by atoms with Crippen LogP contribution >= 0.6 is 0 Å². The van der Waals surface area contributed by atoms with E-state index in [0.29, 0.717) is 5.92 Å². The lowest BCUT2D eigenvalue weighted by Gasteiger charge is -2.11. The Morgan fingerprint density at radius 3 is 2.21 bits per heavy atom. The second-order valence-corrected chi connectivity index (χ2v) is 6.58. The van der Waals surface area contributed by atoms with Crippen molar-refractivity contribution in [1.29, 1.82) is 0 Å². The zero-order valence-corrected chi connectivity index (χ0v) is 14.0. The SMILES string of the molecule is CC(C)C1=Cc2c(cc(-c3ccccn3)cc2-c2ccccn2)C1. The van der Waals surface area contributed by atoms with E-state index in [1.165, 1.54) is 22.3 Å². The number of pyridine rings is 2. The van der Waals surface area contributed by atoms with Crippen molar-refractivity contribution >= 4 is 6.08 Å². The number of fused-ring (bicyclic) bond motifs is 1. The van der Waals surface area contributed by atoms with Gasteiger partial charge < -0.3 is 0 Å². The first kappa shape index (κ1) is 14.8. The minimum atomic E-state index is 0.562. The minimum absolute atomic E-state index is 0.562. The van der Waals surface area contributed by atoms with Gasteiger partial charge in [-0.25, -0.2) is 0 Å². The molecule has 0 unspecified atom stereocenters. The maximum atomic E-state index is 4.58. The monoisotopic (exact) mass is 312 g/mol. The molecule has 0 spiro atoms. The molecule has 1 aliphatic rings. The van der Waals surface area contributed by atoms with E-state index >= 15 is 0 Å². The van der Waals surface area contributed by atoms with Gasteiger partial charge in [-0.3, -0.25) is 9.97 Å². The number of rotatable bonds is 3. The van der Waals surface area contributed by atoms with Gasteiger partial charge >= 0.3 is 0 Å². The standard InChI is InChI=1S/C22H20N2/c1-15(2)16-11-17-12-18(21-7-3-5-9-23-21)14-20(19(17)13-16)22-8-4-6-10-24-22/h3-10,12-15H,11H2,1-2H3. The van der Waals surface area contributed by atoms with E-state index in [4.69, 9.17) is 0 Å². The molecule has 0 bridgehead atoms. The minimum Gasteiger partial charge on any atom is -0.256 e. The van der Waals surface area contributed by atoms with Gasteiger partial charge in [0.1, 0.15) is 0 Å². The zero-order chi connectivity index (χ0) is 16.5. The molecular weight excluding hydrogens is 292 g/mol. The summed E-state index contributed by atoms with van der Waals surface area (Å²) in [6, 6.07) is 16.7. The van der Waals surface area contributed by atoms with E-state index in [0.717, 1.165) is 23.4 Å². The van der Waals surface area contributed by atoms with Crippen LogP contribution in [0.25, 0.3) is 28.6 Å². The van der Waals surface area contributed by atoms with Crippen LogP contribution in [-0.2, 0) is 6.42 Å². The van der Waals surface area contributed by atoms with Crippen LogP contribution in [0.2, 0.25) is 0 Å². The molecule has 2 nitrogen and oxygen atoms in total. The fourth-order valence-electron chi connectivity index (χ4n) is 3.27. The van der Waals surface area contributed by atoms with E-state index in [2.05, 4.69) is 54.2 Å². The Labute approximate surface area is 142 Å². The Kier molecular flexibility index (Phi) is 3.73. The summed E-state index contributed by atoms with van der Waals surface area (Å²) in [7, 11) is 0. The van der Waals surface area contributed by atoms with Crippen LogP contribution in [0.4, 0.5) is 0 Å². The van der Waals surface area contributed by atoms with E-state index in [-0.39, 0.29) is 0 Å². The van der Waals surface area contributed by atoms with Gasteiger partial charge in [0.2, 0.25) is 0 Å². The third-order valence-corrected chi connectivity index (χ3v) is 4.63. The molecule has 1 aromatic carbocycles. The highest BCUT2D eigenvalue weighted by Gasteiger charge is 2.20. The predicted molar refractivity (Wildman–Crippen MR) is 99.4 cm³/mol. The average Bonchev–Trinajstić information content (AvgIpc) is 3.07. The molecule has 2 heterocycles. The lowest BCUT2D eigenvalue weighted by Crippen LogP contribution is -1.95. The first-order valence-electron chi connectivity index (χ1n) is 8.42. The number of allylic oxidation sites excluding steroid dienone is 1. The molecular formula is C22H20N2. The molecule has 4 rings (SSSR count). The summed E-state index contributed by atoms with van der Waals surface area (Å²) in [5.74, 6) is 0.562. The van der Waals surface area contributed by atoms with Crippen molar-refractivity contribution in [3.8, 4) is 22.5 Å². The van der Waals surface area contributed by atoms with Gasteiger partial charge in [-0.05, 0) is 59.9 Å². The van der Waals surface area contributed by atoms with Gasteiger partial charge in [0.25, 0.3) is 0 Å². The molecule has 118 valence electrons. The Balaban J connectivity index is 1.91. The van der Waals surface area contributed by atoms with Crippen LogP contribution in [0.3, 0.4) is 0 Å². The molecule has 24 heavy (non-hydrogen) atoms. The van der Waals surface area contributed by atoms with E-state index < -0.39 is 0 Å². The van der Waals surface area contributed by atoms with Crippen molar-refractivity contribution in [2.75, 3.05) is 0 Å². The van der Waals surface area contributed by atoms with Gasteiger partial charge in [-0.1, -0.05) is 37.6 Å². The topological polar surface area (TPSA) is 25.8 Å². The molecule has 0 saturated carbocycles. The lowest BCUT2D eigenvalue weighted by molar-refractivity contribution is 0.754. The first-order chi connectivity index (χ1) is 11.7. The van der Waals surface area contributed by atoms with Crippen molar-refractivity contribution in [2.45, 2.75) is 20.3 Å². The summed E-state index contributed by atoms with van der Waals surface area (Å²) in [5.41, 5.74) is 8.57. The van der Waals surface area contributed by atoms with Crippen molar-refractivity contribution in [3.05, 3.63) is 77.6 Å². The predicted octanol–water partition coefficient (Wildman–Crippen LogP) is 5.41. The van der Waals surface area contributed by atoms with Gasteiger partial charge in [0, 0.05) is 23.5 Å². The lowest BCUT2D eigenvalue weighted by atomic mass is 9.95. The maximum Gasteiger partial charge on any atom is 0.0708 e. The molecule has 0 atom stereocenters. The van der Waals surface area contributed by atoms with Crippen LogP contribution in [0, 0.1) is 5.92 Å². The van der Waals surface area contributed by atoms with E-state index in [9.17, 15) is 0 Å². The smallest absolute Gasteiger partial charge is 0.0708 e. The second-order valence-electron chi connectivity index (χ2n) is 6.58. The summed E-state index contributed by atoms with van der Waals surface area (Å²) < 4.78 is 0. The van der Waals surface area contributed by atoms with Crippen molar-refractivity contribution in [1.82, 2.24) is 9.97 Å². The number of hydrogen-bond donors (Lipinski definition) is 0. The normalized spacial score (nSPS) is 13.0. The molecule has 0 fully saturated rings. The number of benzene rings is 1. The summed E-state index contributed by atoms with van der Waals surface area (Å²) in [5, 5.41) is 0.